The van der Waals surface area contributed by atoms with Gasteiger partial charge in [-0.1, -0.05) is 6.08 Å². The molecule has 0 aromatic rings. The molecule has 0 saturated heterocycles. The smallest absolute Gasteiger partial charge is 0.320 e. The zero-order chi connectivity index (χ0) is 11.2. The van der Waals surface area contributed by atoms with Crippen molar-refractivity contribution in [2.24, 2.45) is 0 Å². The highest BCUT2D eigenvalue weighted by Crippen LogP contribution is 2.07. The van der Waals surface area contributed by atoms with Crippen LogP contribution >= 0.6 is 0 Å². The number of rotatable bonds is 5. The van der Waals surface area contributed by atoms with E-state index in [0.717, 1.165) is 13.0 Å². The molecule has 0 unspecified atom stereocenters. The van der Waals surface area contributed by atoms with Crippen molar-refractivity contribution in [2.45, 2.75) is 32.8 Å². The standard InChI is InChI=1S/C11H21NO2/c1-6-7-8-12(5)9-10(13)14-11(2,3)4/h6H,1,7-9H2,2-5H3. The van der Waals surface area contributed by atoms with E-state index in [9.17, 15) is 4.79 Å². The van der Waals surface area contributed by atoms with E-state index in [2.05, 4.69) is 6.58 Å². The van der Waals surface area contributed by atoms with Gasteiger partial charge >= 0.3 is 5.97 Å². The molecule has 0 N–H and O–H groups in total. The summed E-state index contributed by atoms with van der Waals surface area (Å²) in [7, 11) is 1.90. The fourth-order valence-electron chi connectivity index (χ4n) is 0.985. The lowest BCUT2D eigenvalue weighted by atomic mass is 10.2. The zero-order valence-electron chi connectivity index (χ0n) is 9.67. The molecule has 0 aliphatic heterocycles. The van der Waals surface area contributed by atoms with Crippen LogP contribution in [0.1, 0.15) is 27.2 Å². The maximum absolute atomic E-state index is 11.3. The fourth-order valence-corrected chi connectivity index (χ4v) is 0.985. The predicted octanol–water partition coefficient (Wildman–Crippen LogP) is 1.84. The first kappa shape index (κ1) is 13.2. The average Bonchev–Trinajstić information content (AvgIpc) is 1.96. The summed E-state index contributed by atoms with van der Waals surface area (Å²) >= 11 is 0. The molecule has 0 fully saturated rings. The molecule has 0 heterocycles. The molecule has 14 heavy (non-hydrogen) atoms. The van der Waals surface area contributed by atoms with Gasteiger partial charge in [0, 0.05) is 6.54 Å². The number of carbonyl (C=O) groups excluding carboxylic acids is 1. The third-order valence-corrected chi connectivity index (χ3v) is 1.53. The second-order valence-corrected chi connectivity index (χ2v) is 4.40. The first-order chi connectivity index (χ1) is 6.35. The maximum atomic E-state index is 11.3. The fraction of sp³-hybridized carbons (Fsp3) is 0.727. The number of esters is 1. The van der Waals surface area contributed by atoms with Gasteiger partial charge in [0.25, 0.3) is 0 Å². The van der Waals surface area contributed by atoms with Crippen LogP contribution in [0.25, 0.3) is 0 Å². The maximum Gasteiger partial charge on any atom is 0.320 e. The molecule has 3 nitrogen and oxygen atoms in total. The first-order valence-electron chi connectivity index (χ1n) is 4.86. The van der Waals surface area contributed by atoms with Crippen LogP contribution in [0.5, 0.6) is 0 Å². The second kappa shape index (κ2) is 5.81. The van der Waals surface area contributed by atoms with E-state index < -0.39 is 5.60 Å². The Bertz CT molecular complexity index is 194. The molecule has 0 saturated carbocycles. The number of nitrogens with zero attached hydrogens (tertiary/aromatic N) is 1. The van der Waals surface area contributed by atoms with Gasteiger partial charge in [0.2, 0.25) is 0 Å². The highest BCUT2D eigenvalue weighted by Gasteiger charge is 2.16. The summed E-state index contributed by atoms with van der Waals surface area (Å²) in [4.78, 5) is 13.3. The van der Waals surface area contributed by atoms with E-state index in [1.807, 2.05) is 38.8 Å². The molecule has 0 radical (unpaired) electrons. The number of carbonyl (C=O) groups is 1. The Morgan fingerprint density at radius 3 is 2.50 bits per heavy atom. The molecule has 0 bridgehead atoms. The highest BCUT2D eigenvalue weighted by molar-refractivity contribution is 5.72. The van der Waals surface area contributed by atoms with Crippen molar-refractivity contribution in [2.75, 3.05) is 20.1 Å². The lowest BCUT2D eigenvalue weighted by Crippen LogP contribution is -2.33. The summed E-state index contributed by atoms with van der Waals surface area (Å²) in [6.07, 6.45) is 2.73. The molecule has 0 aliphatic carbocycles. The van der Waals surface area contributed by atoms with Gasteiger partial charge < -0.3 is 4.74 Å². The van der Waals surface area contributed by atoms with Gasteiger partial charge in [0.1, 0.15) is 5.60 Å². The summed E-state index contributed by atoms with van der Waals surface area (Å²) in [5.74, 6) is -0.177. The van der Waals surface area contributed by atoms with Crippen LogP contribution in [0.2, 0.25) is 0 Å². The van der Waals surface area contributed by atoms with Gasteiger partial charge in [-0.25, -0.2) is 0 Å². The Hall–Kier alpha value is -0.830. The van der Waals surface area contributed by atoms with Gasteiger partial charge in [-0.05, 0) is 34.2 Å². The lowest BCUT2D eigenvalue weighted by molar-refractivity contribution is -0.155. The third kappa shape index (κ3) is 7.80. The second-order valence-electron chi connectivity index (χ2n) is 4.40. The monoisotopic (exact) mass is 199 g/mol. The van der Waals surface area contributed by atoms with Gasteiger partial charge in [0.15, 0.2) is 0 Å². The van der Waals surface area contributed by atoms with Gasteiger partial charge in [-0.3, -0.25) is 9.69 Å². The number of likely N-dealkylation sites (N-methyl/N-ethyl adjacent to an activating group) is 1. The minimum Gasteiger partial charge on any atom is -0.459 e. The topological polar surface area (TPSA) is 29.5 Å². The Morgan fingerprint density at radius 1 is 1.50 bits per heavy atom. The largest absolute Gasteiger partial charge is 0.459 e. The molecule has 0 aromatic heterocycles. The molecule has 0 aliphatic rings. The van der Waals surface area contributed by atoms with Gasteiger partial charge in [-0.15, -0.1) is 6.58 Å². The van der Waals surface area contributed by atoms with Gasteiger partial charge in [-0.2, -0.15) is 0 Å². The van der Waals surface area contributed by atoms with Gasteiger partial charge in [0.05, 0.1) is 6.54 Å². The van der Waals surface area contributed by atoms with E-state index in [1.165, 1.54) is 0 Å². The molecular weight excluding hydrogens is 178 g/mol. The number of ether oxygens (including phenoxy) is 1. The van der Waals surface area contributed by atoms with E-state index >= 15 is 0 Å². The van der Waals surface area contributed by atoms with Crippen LogP contribution in [0.4, 0.5) is 0 Å². The summed E-state index contributed by atoms with van der Waals surface area (Å²) < 4.78 is 5.18. The quantitative estimate of drug-likeness (QED) is 0.500. The summed E-state index contributed by atoms with van der Waals surface area (Å²) in [5.41, 5.74) is -0.392. The summed E-state index contributed by atoms with van der Waals surface area (Å²) in [6.45, 7) is 10.4. The molecule has 0 rings (SSSR count). The van der Waals surface area contributed by atoms with E-state index in [1.54, 1.807) is 0 Å². The lowest BCUT2D eigenvalue weighted by Gasteiger charge is -2.22. The van der Waals surface area contributed by atoms with E-state index in [0.29, 0.717) is 6.54 Å². The Morgan fingerprint density at radius 2 is 2.07 bits per heavy atom. The Labute approximate surface area is 86.7 Å². The molecule has 82 valence electrons. The zero-order valence-corrected chi connectivity index (χ0v) is 9.67. The van der Waals surface area contributed by atoms with E-state index in [4.69, 9.17) is 4.74 Å². The highest BCUT2D eigenvalue weighted by atomic mass is 16.6. The average molecular weight is 199 g/mol. The van der Waals surface area contributed by atoms with Crippen LogP contribution in [0.3, 0.4) is 0 Å². The van der Waals surface area contributed by atoms with Crippen LogP contribution in [0, 0.1) is 0 Å². The first-order valence-corrected chi connectivity index (χ1v) is 4.86. The molecule has 0 aromatic carbocycles. The minimum atomic E-state index is -0.392. The molecule has 0 amide bonds. The molecule has 0 spiro atoms. The number of hydrogen-bond acceptors (Lipinski definition) is 3. The minimum absolute atomic E-state index is 0.177. The van der Waals surface area contributed by atoms with Crippen molar-refractivity contribution in [3.63, 3.8) is 0 Å². The predicted molar refractivity (Wildman–Crippen MR) is 58.2 cm³/mol. The van der Waals surface area contributed by atoms with Crippen molar-refractivity contribution in [3.8, 4) is 0 Å². The van der Waals surface area contributed by atoms with Crippen molar-refractivity contribution in [1.82, 2.24) is 4.90 Å². The molecule has 3 heteroatoms. The van der Waals surface area contributed by atoms with Crippen LogP contribution < -0.4 is 0 Å². The Balaban J connectivity index is 3.76. The summed E-state index contributed by atoms with van der Waals surface area (Å²) in [6, 6.07) is 0. The van der Waals surface area contributed by atoms with Crippen molar-refractivity contribution >= 4 is 5.97 Å². The third-order valence-electron chi connectivity index (χ3n) is 1.53. The van der Waals surface area contributed by atoms with Crippen LogP contribution in [0.15, 0.2) is 12.7 Å². The SMILES string of the molecule is C=CCCN(C)CC(=O)OC(C)(C)C. The van der Waals surface area contributed by atoms with E-state index in [-0.39, 0.29) is 5.97 Å². The van der Waals surface area contributed by atoms with Crippen LogP contribution in [-0.4, -0.2) is 36.6 Å². The van der Waals surface area contributed by atoms with Crippen molar-refractivity contribution < 1.29 is 9.53 Å². The van der Waals surface area contributed by atoms with Crippen LogP contribution in [-0.2, 0) is 9.53 Å². The molecular formula is C11H21NO2. The summed E-state index contributed by atoms with van der Waals surface area (Å²) in [5, 5.41) is 0. The van der Waals surface area contributed by atoms with Crippen molar-refractivity contribution in [3.05, 3.63) is 12.7 Å². The number of hydrogen-bond donors (Lipinski definition) is 0. The normalized spacial score (nSPS) is 11.5. The molecule has 0 atom stereocenters. The van der Waals surface area contributed by atoms with Crippen molar-refractivity contribution in [1.29, 1.82) is 0 Å². The Kier molecular flexibility index (Phi) is 5.46.